The summed E-state index contributed by atoms with van der Waals surface area (Å²) in [7, 11) is 0. The van der Waals surface area contributed by atoms with Crippen LogP contribution in [0.25, 0.3) is 0 Å². The molecule has 0 aliphatic carbocycles. The Morgan fingerprint density at radius 1 is 1.07 bits per heavy atom. The van der Waals surface area contributed by atoms with Crippen molar-refractivity contribution in [1.82, 2.24) is 15.0 Å². The number of carbonyl (C=O) groups is 1. The lowest BCUT2D eigenvalue weighted by atomic mass is 10.1. The largest absolute Gasteiger partial charge is 0.457 e. The molecule has 1 aliphatic heterocycles. The summed E-state index contributed by atoms with van der Waals surface area (Å²) >= 11 is 0. The number of para-hydroxylation sites is 1. The van der Waals surface area contributed by atoms with Crippen LogP contribution in [-0.2, 0) is 22.6 Å². The number of carbonyl (C=O) groups excluding carboxylic acids is 1. The highest BCUT2D eigenvalue weighted by atomic mass is 16.7. The summed E-state index contributed by atoms with van der Waals surface area (Å²) in [6.07, 6.45) is 0.741. The molecule has 2 heterocycles. The van der Waals surface area contributed by atoms with Crippen molar-refractivity contribution in [1.29, 1.82) is 0 Å². The van der Waals surface area contributed by atoms with Crippen LogP contribution in [0, 0.1) is 0 Å². The summed E-state index contributed by atoms with van der Waals surface area (Å²) in [5.74, 6) is 1.64. The predicted molar refractivity (Wildman–Crippen MR) is 105 cm³/mol. The fourth-order valence-electron chi connectivity index (χ4n) is 2.77. The van der Waals surface area contributed by atoms with Crippen molar-refractivity contribution in [3.8, 4) is 11.5 Å². The second kappa shape index (κ2) is 8.42. The van der Waals surface area contributed by atoms with Gasteiger partial charge in [0.15, 0.2) is 23.9 Å². The van der Waals surface area contributed by atoms with Crippen LogP contribution in [0.2, 0.25) is 0 Å². The van der Waals surface area contributed by atoms with Crippen molar-refractivity contribution in [3.63, 3.8) is 0 Å². The molecule has 0 saturated heterocycles. The molecular formula is C20H19N5O4. The first kappa shape index (κ1) is 18.5. The third kappa shape index (κ3) is 4.89. The van der Waals surface area contributed by atoms with Gasteiger partial charge in [-0.25, -0.2) is 0 Å². The van der Waals surface area contributed by atoms with E-state index in [0.717, 1.165) is 11.3 Å². The molecule has 9 nitrogen and oxygen atoms in total. The minimum Gasteiger partial charge on any atom is -0.457 e. The van der Waals surface area contributed by atoms with Crippen LogP contribution in [0.15, 0.2) is 48.5 Å². The van der Waals surface area contributed by atoms with Gasteiger partial charge in [0.1, 0.15) is 0 Å². The summed E-state index contributed by atoms with van der Waals surface area (Å²) in [5, 5.41) is 3.04. The first-order valence-corrected chi connectivity index (χ1v) is 9.02. The van der Waals surface area contributed by atoms with Crippen LogP contribution < -0.4 is 20.5 Å². The van der Waals surface area contributed by atoms with E-state index in [0.29, 0.717) is 17.9 Å². The average molecular weight is 393 g/mol. The molecule has 0 radical (unpaired) electrons. The molecule has 0 saturated carbocycles. The van der Waals surface area contributed by atoms with Crippen LogP contribution in [0.1, 0.15) is 17.8 Å². The normalized spacial score (nSPS) is 11.9. The van der Waals surface area contributed by atoms with Crippen LogP contribution in [0.4, 0.5) is 17.6 Å². The monoisotopic (exact) mass is 393 g/mol. The minimum absolute atomic E-state index is 0.0461. The number of benzene rings is 2. The van der Waals surface area contributed by atoms with E-state index in [4.69, 9.17) is 19.9 Å². The van der Waals surface area contributed by atoms with Crippen LogP contribution in [0.3, 0.4) is 0 Å². The zero-order chi connectivity index (χ0) is 20.1. The van der Waals surface area contributed by atoms with E-state index < -0.39 is 0 Å². The molecule has 9 heteroatoms. The van der Waals surface area contributed by atoms with Gasteiger partial charge >= 0.3 is 5.97 Å². The standard InChI is InChI=1S/C20H19N5O4/c21-19-23-17(24-20(25-19)22-14-4-2-1-3-5-14)11-27-18(26)9-7-13-6-8-15-16(10-13)29-12-28-15/h1-6,8,10H,7,9,11-12H2,(H3,21,22,23,24,25). The van der Waals surface area contributed by atoms with Crippen molar-refractivity contribution in [2.75, 3.05) is 17.8 Å². The first-order valence-electron chi connectivity index (χ1n) is 9.02. The molecule has 0 bridgehead atoms. The molecule has 148 valence electrons. The van der Waals surface area contributed by atoms with Crippen molar-refractivity contribution < 1.29 is 19.0 Å². The summed E-state index contributed by atoms with van der Waals surface area (Å²) < 4.78 is 15.9. The number of nitrogens with two attached hydrogens (primary N) is 1. The van der Waals surface area contributed by atoms with Crippen LogP contribution >= 0.6 is 0 Å². The third-order valence-electron chi connectivity index (χ3n) is 4.15. The number of aryl methyl sites for hydroxylation is 1. The lowest BCUT2D eigenvalue weighted by Crippen LogP contribution is -2.11. The Labute approximate surface area is 166 Å². The maximum Gasteiger partial charge on any atom is 0.306 e. The SMILES string of the molecule is Nc1nc(COC(=O)CCc2ccc3c(c2)OCO3)nc(Nc2ccccc2)n1. The minimum atomic E-state index is -0.362. The topological polar surface area (TPSA) is 121 Å². The zero-order valence-electron chi connectivity index (χ0n) is 15.5. The van der Waals surface area contributed by atoms with Gasteiger partial charge in [-0.15, -0.1) is 0 Å². The van der Waals surface area contributed by atoms with Crippen LogP contribution in [0.5, 0.6) is 11.5 Å². The number of nitrogen functional groups attached to an aromatic ring is 1. The molecule has 1 aliphatic rings. The molecule has 3 N–H and O–H groups in total. The number of nitrogens with one attached hydrogen (secondary N) is 1. The summed E-state index contributed by atoms with van der Waals surface area (Å²) in [6, 6.07) is 15.0. The zero-order valence-corrected chi connectivity index (χ0v) is 15.5. The van der Waals surface area contributed by atoms with E-state index in [-0.39, 0.29) is 43.5 Å². The number of ether oxygens (including phenoxy) is 3. The molecule has 0 amide bonds. The first-order chi connectivity index (χ1) is 14.2. The number of aromatic nitrogens is 3. The molecule has 0 atom stereocenters. The summed E-state index contributed by atoms with van der Waals surface area (Å²) in [4.78, 5) is 24.4. The highest BCUT2D eigenvalue weighted by molar-refractivity contribution is 5.69. The molecular weight excluding hydrogens is 374 g/mol. The second-order valence-electron chi connectivity index (χ2n) is 6.27. The Morgan fingerprint density at radius 2 is 1.90 bits per heavy atom. The van der Waals surface area contributed by atoms with Gasteiger partial charge in [0.2, 0.25) is 18.7 Å². The molecule has 3 aromatic rings. The fraction of sp³-hybridized carbons (Fsp3) is 0.200. The lowest BCUT2D eigenvalue weighted by molar-refractivity contribution is -0.145. The number of rotatable bonds is 7. The summed E-state index contributed by atoms with van der Waals surface area (Å²) in [6.45, 7) is 0.132. The molecule has 0 unspecified atom stereocenters. The Balaban J connectivity index is 1.30. The molecule has 0 spiro atoms. The molecule has 2 aromatic carbocycles. The van der Waals surface area contributed by atoms with E-state index in [1.165, 1.54) is 0 Å². The van der Waals surface area contributed by atoms with E-state index in [2.05, 4.69) is 20.3 Å². The van der Waals surface area contributed by atoms with Gasteiger partial charge in [-0.3, -0.25) is 4.79 Å². The Kier molecular flexibility index (Phi) is 5.37. The van der Waals surface area contributed by atoms with E-state index >= 15 is 0 Å². The fourth-order valence-corrected chi connectivity index (χ4v) is 2.77. The summed E-state index contributed by atoms with van der Waals surface area (Å²) in [5.41, 5.74) is 7.51. The van der Waals surface area contributed by atoms with Gasteiger partial charge in [0.25, 0.3) is 0 Å². The molecule has 1 aromatic heterocycles. The Bertz CT molecular complexity index is 1010. The highest BCUT2D eigenvalue weighted by Gasteiger charge is 2.14. The number of fused-ring (bicyclic) bond motifs is 1. The molecule has 29 heavy (non-hydrogen) atoms. The lowest BCUT2D eigenvalue weighted by Gasteiger charge is -2.08. The van der Waals surface area contributed by atoms with Gasteiger partial charge in [-0.2, -0.15) is 15.0 Å². The quantitative estimate of drug-likeness (QED) is 0.583. The van der Waals surface area contributed by atoms with Crippen molar-refractivity contribution in [2.45, 2.75) is 19.4 Å². The predicted octanol–water partition coefficient (Wildman–Crippen LogP) is 2.60. The van der Waals surface area contributed by atoms with Gasteiger partial charge in [-0.1, -0.05) is 24.3 Å². The smallest absolute Gasteiger partial charge is 0.306 e. The van der Waals surface area contributed by atoms with E-state index in [9.17, 15) is 4.79 Å². The maximum absolute atomic E-state index is 12.1. The number of hydrogen-bond donors (Lipinski definition) is 2. The van der Waals surface area contributed by atoms with Crippen molar-refractivity contribution >= 4 is 23.6 Å². The third-order valence-corrected chi connectivity index (χ3v) is 4.15. The highest BCUT2D eigenvalue weighted by Crippen LogP contribution is 2.32. The van der Waals surface area contributed by atoms with Gasteiger partial charge < -0.3 is 25.3 Å². The van der Waals surface area contributed by atoms with Gasteiger partial charge in [0.05, 0.1) is 0 Å². The Hall–Kier alpha value is -3.88. The number of anilines is 3. The van der Waals surface area contributed by atoms with Gasteiger partial charge in [0, 0.05) is 12.1 Å². The number of hydrogen-bond acceptors (Lipinski definition) is 9. The van der Waals surface area contributed by atoms with Crippen molar-refractivity contribution in [2.24, 2.45) is 0 Å². The maximum atomic E-state index is 12.1. The van der Waals surface area contributed by atoms with E-state index in [1.807, 2.05) is 48.5 Å². The molecule has 0 fully saturated rings. The van der Waals surface area contributed by atoms with E-state index in [1.54, 1.807) is 0 Å². The number of esters is 1. The van der Waals surface area contributed by atoms with Crippen molar-refractivity contribution in [3.05, 3.63) is 59.9 Å². The molecule has 4 rings (SSSR count). The van der Waals surface area contributed by atoms with Crippen LogP contribution in [-0.4, -0.2) is 27.7 Å². The van der Waals surface area contributed by atoms with Gasteiger partial charge in [-0.05, 0) is 36.2 Å². The number of nitrogens with zero attached hydrogens (tertiary/aromatic N) is 3. The second-order valence-corrected chi connectivity index (χ2v) is 6.27. The Morgan fingerprint density at radius 3 is 2.76 bits per heavy atom. The average Bonchev–Trinajstić information content (AvgIpc) is 3.19.